The van der Waals surface area contributed by atoms with Crippen molar-refractivity contribution in [2.75, 3.05) is 34.0 Å². The molecule has 0 spiro atoms. The van der Waals surface area contributed by atoms with Gasteiger partial charge in [-0.2, -0.15) is 5.10 Å². The molecule has 104 valence electrons. The Balaban J connectivity index is 2.73. The summed E-state index contributed by atoms with van der Waals surface area (Å²) < 4.78 is 12.5. The van der Waals surface area contributed by atoms with E-state index in [4.69, 9.17) is 21.1 Å². The van der Waals surface area contributed by atoms with Gasteiger partial charge in [-0.1, -0.05) is 18.5 Å². The summed E-state index contributed by atoms with van der Waals surface area (Å²) in [5.41, 5.74) is 0.951. The van der Waals surface area contributed by atoms with Crippen LogP contribution in [-0.2, 0) is 16.0 Å². The van der Waals surface area contributed by atoms with Crippen molar-refractivity contribution in [2.24, 2.45) is 0 Å². The van der Waals surface area contributed by atoms with E-state index in [2.05, 4.69) is 17.3 Å². The number of nitrogens with one attached hydrogen (secondary N) is 1. The van der Waals surface area contributed by atoms with Gasteiger partial charge >= 0.3 is 0 Å². The van der Waals surface area contributed by atoms with Crippen molar-refractivity contribution in [1.29, 1.82) is 0 Å². The fraction of sp³-hybridized carbons (Fsp3) is 0.750. The molecule has 1 rings (SSSR count). The topological polar surface area (TPSA) is 48.3 Å². The maximum absolute atomic E-state index is 6.19. The zero-order chi connectivity index (χ0) is 13.4. The first-order valence-corrected chi connectivity index (χ1v) is 6.57. The van der Waals surface area contributed by atoms with Crippen LogP contribution in [0.1, 0.15) is 25.1 Å². The van der Waals surface area contributed by atoms with Crippen LogP contribution < -0.4 is 5.32 Å². The van der Waals surface area contributed by atoms with Crippen molar-refractivity contribution in [3.8, 4) is 0 Å². The highest BCUT2D eigenvalue weighted by molar-refractivity contribution is 6.31. The molecule has 0 aromatic carbocycles. The molecule has 1 aromatic rings. The minimum absolute atomic E-state index is 0.0448. The SMILES string of the molecule is CCCOCC(NC)c1c(Cl)cnn1CCOC. The predicted molar refractivity (Wildman–Crippen MR) is 72.0 cm³/mol. The summed E-state index contributed by atoms with van der Waals surface area (Å²) in [6.07, 6.45) is 2.67. The van der Waals surface area contributed by atoms with Crippen molar-refractivity contribution in [3.63, 3.8) is 0 Å². The average Bonchev–Trinajstić information content (AvgIpc) is 2.74. The highest BCUT2D eigenvalue weighted by Crippen LogP contribution is 2.23. The van der Waals surface area contributed by atoms with E-state index in [0.29, 0.717) is 24.8 Å². The third-order valence-corrected chi connectivity index (χ3v) is 2.94. The van der Waals surface area contributed by atoms with Crippen LogP contribution in [0.5, 0.6) is 0 Å². The lowest BCUT2D eigenvalue weighted by atomic mass is 10.2. The third-order valence-electron chi connectivity index (χ3n) is 2.65. The van der Waals surface area contributed by atoms with Crippen molar-refractivity contribution >= 4 is 11.6 Å². The zero-order valence-electron chi connectivity index (χ0n) is 11.3. The van der Waals surface area contributed by atoms with Gasteiger partial charge in [0.05, 0.1) is 42.7 Å². The normalized spacial score (nSPS) is 12.9. The Bertz CT molecular complexity index is 344. The van der Waals surface area contributed by atoms with E-state index in [1.807, 2.05) is 11.7 Å². The lowest BCUT2D eigenvalue weighted by Crippen LogP contribution is -2.26. The summed E-state index contributed by atoms with van der Waals surface area (Å²) >= 11 is 6.19. The zero-order valence-corrected chi connectivity index (χ0v) is 12.0. The van der Waals surface area contributed by atoms with E-state index in [9.17, 15) is 0 Å². The Morgan fingerprint density at radius 1 is 1.50 bits per heavy atom. The van der Waals surface area contributed by atoms with E-state index in [1.54, 1.807) is 13.3 Å². The summed E-state index contributed by atoms with van der Waals surface area (Å²) in [7, 11) is 3.56. The molecule has 0 saturated heterocycles. The highest BCUT2D eigenvalue weighted by atomic mass is 35.5. The Hall–Kier alpha value is -0.620. The molecule has 0 aliphatic carbocycles. The number of rotatable bonds is 9. The predicted octanol–water partition coefficient (Wildman–Crippen LogP) is 1.87. The molecule has 0 saturated carbocycles. The summed E-state index contributed by atoms with van der Waals surface area (Å²) in [5, 5.41) is 8.13. The Morgan fingerprint density at radius 2 is 2.28 bits per heavy atom. The quantitative estimate of drug-likeness (QED) is 0.699. The monoisotopic (exact) mass is 275 g/mol. The first-order chi connectivity index (χ1) is 8.74. The molecule has 0 fully saturated rings. The maximum Gasteiger partial charge on any atom is 0.0835 e. The molecule has 1 unspecified atom stereocenters. The highest BCUT2D eigenvalue weighted by Gasteiger charge is 2.19. The van der Waals surface area contributed by atoms with Gasteiger partial charge < -0.3 is 14.8 Å². The van der Waals surface area contributed by atoms with E-state index in [0.717, 1.165) is 18.7 Å². The number of halogens is 1. The van der Waals surface area contributed by atoms with Gasteiger partial charge in [0.1, 0.15) is 0 Å². The largest absolute Gasteiger partial charge is 0.383 e. The van der Waals surface area contributed by atoms with Crippen LogP contribution in [0.25, 0.3) is 0 Å². The van der Waals surface area contributed by atoms with E-state index in [-0.39, 0.29) is 6.04 Å². The minimum atomic E-state index is 0.0448. The van der Waals surface area contributed by atoms with Gasteiger partial charge in [0.2, 0.25) is 0 Å². The standard InChI is InChI=1S/C12H22ClN3O2/c1-4-6-18-9-11(14-2)12-10(13)8-15-16(12)5-7-17-3/h8,11,14H,4-7,9H2,1-3H3. The molecular weight excluding hydrogens is 254 g/mol. The van der Waals surface area contributed by atoms with Crippen LogP contribution in [0.2, 0.25) is 5.02 Å². The molecule has 1 N–H and O–H groups in total. The Kier molecular flexibility index (Phi) is 7.27. The molecule has 0 aliphatic heterocycles. The smallest absolute Gasteiger partial charge is 0.0835 e. The van der Waals surface area contributed by atoms with Gasteiger partial charge in [0.25, 0.3) is 0 Å². The van der Waals surface area contributed by atoms with E-state index >= 15 is 0 Å². The van der Waals surface area contributed by atoms with Crippen LogP contribution >= 0.6 is 11.6 Å². The molecule has 1 atom stereocenters. The lowest BCUT2D eigenvalue weighted by Gasteiger charge is -2.18. The number of methoxy groups -OCH3 is 1. The molecule has 0 amide bonds. The van der Waals surface area contributed by atoms with Crippen LogP contribution in [0.3, 0.4) is 0 Å². The molecule has 1 heterocycles. The molecule has 5 nitrogen and oxygen atoms in total. The van der Waals surface area contributed by atoms with Gasteiger partial charge in [-0.05, 0) is 13.5 Å². The third kappa shape index (κ3) is 4.24. The molecule has 0 radical (unpaired) electrons. The molecule has 18 heavy (non-hydrogen) atoms. The van der Waals surface area contributed by atoms with Crippen LogP contribution in [0.15, 0.2) is 6.20 Å². The molecule has 0 bridgehead atoms. The fourth-order valence-corrected chi connectivity index (χ4v) is 1.99. The number of likely N-dealkylation sites (N-methyl/N-ethyl adjacent to an activating group) is 1. The fourth-order valence-electron chi connectivity index (χ4n) is 1.72. The van der Waals surface area contributed by atoms with Gasteiger partial charge in [0, 0.05) is 13.7 Å². The number of hydrogen-bond acceptors (Lipinski definition) is 4. The second-order valence-corrected chi connectivity index (χ2v) is 4.42. The lowest BCUT2D eigenvalue weighted by molar-refractivity contribution is 0.110. The summed E-state index contributed by atoms with van der Waals surface area (Å²) in [4.78, 5) is 0. The number of aromatic nitrogens is 2. The van der Waals surface area contributed by atoms with Crippen molar-refractivity contribution < 1.29 is 9.47 Å². The molecule has 0 aliphatic rings. The number of ether oxygens (including phenoxy) is 2. The van der Waals surface area contributed by atoms with Gasteiger partial charge in [-0.3, -0.25) is 4.68 Å². The van der Waals surface area contributed by atoms with Crippen molar-refractivity contribution in [2.45, 2.75) is 25.9 Å². The first kappa shape index (κ1) is 15.4. The average molecular weight is 276 g/mol. The van der Waals surface area contributed by atoms with E-state index in [1.165, 1.54) is 0 Å². The van der Waals surface area contributed by atoms with Crippen molar-refractivity contribution in [1.82, 2.24) is 15.1 Å². The van der Waals surface area contributed by atoms with Gasteiger partial charge in [0.15, 0.2) is 0 Å². The Morgan fingerprint density at radius 3 is 2.89 bits per heavy atom. The minimum Gasteiger partial charge on any atom is -0.383 e. The van der Waals surface area contributed by atoms with Crippen LogP contribution in [0, 0.1) is 0 Å². The van der Waals surface area contributed by atoms with Crippen molar-refractivity contribution in [3.05, 3.63) is 16.9 Å². The first-order valence-electron chi connectivity index (χ1n) is 6.19. The number of nitrogens with zero attached hydrogens (tertiary/aromatic N) is 2. The van der Waals surface area contributed by atoms with Crippen LogP contribution in [0.4, 0.5) is 0 Å². The molecule has 6 heteroatoms. The summed E-state index contributed by atoms with van der Waals surface area (Å²) in [5.74, 6) is 0. The summed E-state index contributed by atoms with van der Waals surface area (Å²) in [6, 6.07) is 0.0448. The Labute approximate surface area is 113 Å². The molecule has 1 aromatic heterocycles. The van der Waals surface area contributed by atoms with Gasteiger partial charge in [-0.15, -0.1) is 0 Å². The second kappa shape index (κ2) is 8.48. The van der Waals surface area contributed by atoms with Gasteiger partial charge in [-0.25, -0.2) is 0 Å². The molecular formula is C12H22ClN3O2. The summed E-state index contributed by atoms with van der Waals surface area (Å²) in [6.45, 7) is 4.72. The van der Waals surface area contributed by atoms with Crippen LogP contribution in [-0.4, -0.2) is 43.8 Å². The van der Waals surface area contributed by atoms with E-state index < -0.39 is 0 Å². The number of hydrogen-bond donors (Lipinski definition) is 1. The second-order valence-electron chi connectivity index (χ2n) is 4.01. The maximum atomic E-state index is 6.19.